The van der Waals surface area contributed by atoms with Gasteiger partial charge in [0.25, 0.3) is 0 Å². The van der Waals surface area contributed by atoms with Gasteiger partial charge >= 0.3 is 0 Å². The van der Waals surface area contributed by atoms with Gasteiger partial charge in [-0.15, -0.1) is 12.3 Å². The van der Waals surface area contributed by atoms with E-state index in [0.717, 1.165) is 0 Å². The van der Waals surface area contributed by atoms with Crippen LogP contribution in [0.2, 0.25) is 0 Å². The molecule has 1 unspecified atom stereocenters. The highest BCUT2D eigenvalue weighted by Gasteiger charge is 2.03. The fourth-order valence-corrected chi connectivity index (χ4v) is 0.714. The minimum Gasteiger partial charge on any atom is -0.352 e. The number of rotatable bonds is 4. The van der Waals surface area contributed by atoms with Crippen LogP contribution in [-0.4, -0.2) is 25.5 Å². The van der Waals surface area contributed by atoms with Gasteiger partial charge in [-0.2, -0.15) is 0 Å². The molecule has 0 radical (unpaired) electrons. The number of likely N-dealkylation sites (N-methyl/N-ethyl adjacent to an activating group) is 1. The Labute approximate surface area is 67.6 Å². The monoisotopic (exact) mass is 154 g/mol. The molecule has 0 saturated heterocycles. The van der Waals surface area contributed by atoms with Gasteiger partial charge in [0.05, 0.1) is 6.54 Å². The predicted molar refractivity (Wildman–Crippen MR) is 45.0 cm³/mol. The van der Waals surface area contributed by atoms with Crippen LogP contribution in [0, 0.1) is 12.3 Å². The average molecular weight is 154 g/mol. The summed E-state index contributed by atoms with van der Waals surface area (Å²) in [6.45, 7) is 2.22. The van der Waals surface area contributed by atoms with Crippen LogP contribution in [0.4, 0.5) is 0 Å². The van der Waals surface area contributed by atoms with Crippen molar-refractivity contribution < 1.29 is 4.79 Å². The first-order chi connectivity index (χ1) is 5.20. The molecule has 0 saturated carbocycles. The Morgan fingerprint density at radius 2 is 2.36 bits per heavy atom. The molecular weight excluding hydrogens is 140 g/mol. The molecule has 0 fully saturated rings. The summed E-state index contributed by atoms with van der Waals surface area (Å²) in [6, 6.07) is 0.0702. The summed E-state index contributed by atoms with van der Waals surface area (Å²) in [6.07, 6.45) is 5.64. The van der Waals surface area contributed by atoms with Gasteiger partial charge in [0.2, 0.25) is 5.91 Å². The minimum atomic E-state index is -0.0183. The minimum absolute atomic E-state index is 0.0183. The van der Waals surface area contributed by atoms with Gasteiger partial charge in [-0.3, -0.25) is 4.79 Å². The maximum atomic E-state index is 10.9. The second-order valence-electron chi connectivity index (χ2n) is 2.41. The van der Waals surface area contributed by atoms with Gasteiger partial charge in [0, 0.05) is 12.5 Å². The molecule has 0 rings (SSSR count). The molecule has 62 valence electrons. The van der Waals surface area contributed by atoms with E-state index in [0.29, 0.717) is 13.0 Å². The highest BCUT2D eigenvalue weighted by molar-refractivity contribution is 5.78. The summed E-state index contributed by atoms with van der Waals surface area (Å²) in [5, 5.41) is 5.49. The van der Waals surface area contributed by atoms with Crippen molar-refractivity contribution in [3.05, 3.63) is 0 Å². The van der Waals surface area contributed by atoms with Gasteiger partial charge < -0.3 is 10.6 Å². The lowest BCUT2D eigenvalue weighted by atomic mass is 10.2. The van der Waals surface area contributed by atoms with E-state index in [-0.39, 0.29) is 11.9 Å². The first-order valence-electron chi connectivity index (χ1n) is 3.58. The van der Waals surface area contributed by atoms with Gasteiger partial charge in [-0.1, -0.05) is 0 Å². The second-order valence-corrected chi connectivity index (χ2v) is 2.41. The number of carbonyl (C=O) groups excluding carboxylic acids is 1. The van der Waals surface area contributed by atoms with Crippen LogP contribution in [0.3, 0.4) is 0 Å². The fraction of sp³-hybridized carbons (Fsp3) is 0.625. The van der Waals surface area contributed by atoms with Crippen molar-refractivity contribution in [3.8, 4) is 12.3 Å². The van der Waals surface area contributed by atoms with Crippen LogP contribution in [0.15, 0.2) is 0 Å². The molecule has 0 aromatic carbocycles. The Kier molecular flexibility index (Phi) is 5.22. The molecule has 1 amide bonds. The van der Waals surface area contributed by atoms with Gasteiger partial charge in [0.1, 0.15) is 0 Å². The number of nitrogens with one attached hydrogen (secondary N) is 2. The zero-order valence-corrected chi connectivity index (χ0v) is 6.98. The molecule has 0 bridgehead atoms. The molecule has 3 heteroatoms. The van der Waals surface area contributed by atoms with Crippen LogP contribution < -0.4 is 10.6 Å². The van der Waals surface area contributed by atoms with Crippen LogP contribution in [0.25, 0.3) is 0 Å². The quantitative estimate of drug-likeness (QED) is 0.547. The molecule has 0 heterocycles. The molecule has 0 aromatic heterocycles. The molecule has 0 aliphatic rings. The van der Waals surface area contributed by atoms with Crippen LogP contribution in [-0.2, 0) is 4.79 Å². The zero-order chi connectivity index (χ0) is 8.69. The van der Waals surface area contributed by atoms with E-state index >= 15 is 0 Å². The Morgan fingerprint density at radius 3 is 2.82 bits per heavy atom. The third-order valence-corrected chi connectivity index (χ3v) is 1.17. The molecule has 0 aromatic rings. The van der Waals surface area contributed by atoms with Crippen molar-refractivity contribution in [1.29, 1.82) is 0 Å². The largest absolute Gasteiger partial charge is 0.352 e. The third-order valence-electron chi connectivity index (χ3n) is 1.17. The predicted octanol–water partition coefficient (Wildman–Crippen LogP) is -0.266. The van der Waals surface area contributed by atoms with Crippen molar-refractivity contribution >= 4 is 5.91 Å². The van der Waals surface area contributed by atoms with E-state index in [1.54, 1.807) is 7.05 Å². The summed E-state index contributed by atoms with van der Waals surface area (Å²) >= 11 is 0. The Hall–Kier alpha value is -1.01. The maximum Gasteiger partial charge on any atom is 0.234 e. The molecule has 0 spiro atoms. The van der Waals surface area contributed by atoms with Gasteiger partial charge in [-0.25, -0.2) is 0 Å². The standard InChI is InChI=1S/C8H14N2O/c1-4-5-7(2)10-8(11)6-9-3/h1,7,9H,5-6H2,2-3H3,(H,10,11). The van der Waals surface area contributed by atoms with Crippen LogP contribution in [0.1, 0.15) is 13.3 Å². The van der Waals surface area contributed by atoms with Crippen LogP contribution in [0.5, 0.6) is 0 Å². The fourth-order valence-electron chi connectivity index (χ4n) is 0.714. The SMILES string of the molecule is C#CCC(C)NC(=O)CNC. The van der Waals surface area contributed by atoms with Crippen molar-refractivity contribution in [2.75, 3.05) is 13.6 Å². The Morgan fingerprint density at radius 1 is 1.73 bits per heavy atom. The Balaban J connectivity index is 3.50. The summed E-state index contributed by atoms with van der Waals surface area (Å²) in [7, 11) is 1.73. The Bertz CT molecular complexity index is 160. The first-order valence-corrected chi connectivity index (χ1v) is 3.58. The van der Waals surface area contributed by atoms with Crippen molar-refractivity contribution in [2.45, 2.75) is 19.4 Å². The average Bonchev–Trinajstić information content (AvgIpc) is 1.87. The van der Waals surface area contributed by atoms with E-state index in [2.05, 4.69) is 16.6 Å². The van der Waals surface area contributed by atoms with Crippen molar-refractivity contribution in [3.63, 3.8) is 0 Å². The van der Waals surface area contributed by atoms with Crippen molar-refractivity contribution in [2.24, 2.45) is 0 Å². The van der Waals surface area contributed by atoms with E-state index < -0.39 is 0 Å². The number of hydrogen-bond acceptors (Lipinski definition) is 2. The number of hydrogen-bond donors (Lipinski definition) is 2. The van der Waals surface area contributed by atoms with E-state index in [1.165, 1.54) is 0 Å². The first kappa shape index (κ1) is 9.99. The summed E-state index contributed by atoms with van der Waals surface area (Å²) < 4.78 is 0. The summed E-state index contributed by atoms with van der Waals surface area (Å²) in [5.74, 6) is 2.46. The lowest BCUT2D eigenvalue weighted by Crippen LogP contribution is -2.37. The number of terminal acetylenes is 1. The molecule has 11 heavy (non-hydrogen) atoms. The second kappa shape index (κ2) is 5.75. The summed E-state index contributed by atoms with van der Waals surface area (Å²) in [5.41, 5.74) is 0. The zero-order valence-electron chi connectivity index (χ0n) is 6.98. The topological polar surface area (TPSA) is 41.1 Å². The van der Waals surface area contributed by atoms with Gasteiger partial charge in [0.15, 0.2) is 0 Å². The van der Waals surface area contributed by atoms with E-state index in [4.69, 9.17) is 6.42 Å². The molecule has 1 atom stereocenters. The maximum absolute atomic E-state index is 10.9. The number of amides is 1. The molecular formula is C8H14N2O. The van der Waals surface area contributed by atoms with E-state index in [9.17, 15) is 4.79 Å². The normalized spacial score (nSPS) is 11.7. The lowest BCUT2D eigenvalue weighted by molar-refractivity contribution is -0.120. The van der Waals surface area contributed by atoms with E-state index in [1.807, 2.05) is 6.92 Å². The van der Waals surface area contributed by atoms with Gasteiger partial charge in [-0.05, 0) is 14.0 Å². The molecule has 0 aliphatic heterocycles. The molecule has 0 aliphatic carbocycles. The lowest BCUT2D eigenvalue weighted by Gasteiger charge is -2.09. The summed E-state index contributed by atoms with van der Waals surface area (Å²) in [4.78, 5) is 10.9. The van der Waals surface area contributed by atoms with Crippen molar-refractivity contribution in [1.82, 2.24) is 10.6 Å². The smallest absolute Gasteiger partial charge is 0.234 e. The third kappa shape index (κ3) is 5.43. The highest BCUT2D eigenvalue weighted by Crippen LogP contribution is 1.86. The number of carbonyl (C=O) groups is 1. The molecule has 2 N–H and O–H groups in total. The van der Waals surface area contributed by atoms with Crippen LogP contribution >= 0.6 is 0 Å². The molecule has 3 nitrogen and oxygen atoms in total. The highest BCUT2D eigenvalue weighted by atomic mass is 16.1.